The highest BCUT2D eigenvalue weighted by atomic mass is 32.1. The lowest BCUT2D eigenvalue weighted by Crippen LogP contribution is -2.30. The summed E-state index contributed by atoms with van der Waals surface area (Å²) in [6, 6.07) is 78.3. The molecule has 70 heavy (non-hydrogen) atoms. The van der Waals surface area contributed by atoms with Gasteiger partial charge in [0.2, 0.25) is 0 Å². The Hall–Kier alpha value is -7.76. The molecule has 0 saturated carbocycles. The van der Waals surface area contributed by atoms with E-state index in [1.54, 1.807) is 0 Å². The molecule has 2 aromatic heterocycles. The highest BCUT2D eigenvalue weighted by Crippen LogP contribution is 2.58. The van der Waals surface area contributed by atoms with E-state index in [1.807, 2.05) is 22.7 Å². The van der Waals surface area contributed by atoms with Gasteiger partial charge >= 0.3 is 0 Å². The topological polar surface area (TPSA) is 6.48 Å². The Balaban J connectivity index is 0.936. The van der Waals surface area contributed by atoms with Gasteiger partial charge in [0.1, 0.15) is 0 Å². The summed E-state index contributed by atoms with van der Waals surface area (Å²) >= 11 is 3.78. The lowest BCUT2D eigenvalue weighted by atomic mass is 9.73. The molecular formula is C66H46N2S2. The normalized spacial score (nSPS) is 14.7. The van der Waals surface area contributed by atoms with E-state index in [1.165, 1.54) is 130 Å². The van der Waals surface area contributed by atoms with Crippen LogP contribution in [-0.2, 0) is 10.8 Å². The third kappa shape index (κ3) is 5.49. The molecule has 1 aliphatic carbocycles. The molecule has 0 spiro atoms. The van der Waals surface area contributed by atoms with Crippen LogP contribution in [0.5, 0.6) is 0 Å². The zero-order valence-electron chi connectivity index (χ0n) is 39.3. The average molecular weight is 931 g/mol. The Kier molecular flexibility index (Phi) is 8.26. The molecule has 3 aliphatic rings. The molecule has 15 rings (SSSR count). The van der Waals surface area contributed by atoms with Crippen LogP contribution in [0.2, 0.25) is 0 Å². The van der Waals surface area contributed by atoms with Gasteiger partial charge in [-0.3, -0.25) is 0 Å². The van der Waals surface area contributed by atoms with E-state index in [0.29, 0.717) is 0 Å². The fraction of sp³-hybridized carbons (Fsp3) is 0.0909. The van der Waals surface area contributed by atoms with Gasteiger partial charge in [-0.05, 0) is 140 Å². The van der Waals surface area contributed by atoms with Gasteiger partial charge in [-0.1, -0.05) is 161 Å². The van der Waals surface area contributed by atoms with Gasteiger partial charge in [0.25, 0.3) is 0 Å². The number of rotatable bonds is 2. The van der Waals surface area contributed by atoms with Crippen molar-refractivity contribution in [3.8, 4) is 44.5 Å². The van der Waals surface area contributed by atoms with E-state index in [4.69, 9.17) is 0 Å². The summed E-state index contributed by atoms with van der Waals surface area (Å²) in [6.45, 7) is 9.58. The fourth-order valence-electron chi connectivity index (χ4n) is 12.6. The lowest BCUT2D eigenvalue weighted by molar-refractivity contribution is 0.633. The number of fused-ring (bicyclic) bond motifs is 18. The number of benzene rings is 10. The summed E-state index contributed by atoms with van der Waals surface area (Å²) in [5.41, 5.74) is 22.1. The third-order valence-corrected chi connectivity index (χ3v) is 18.3. The minimum absolute atomic E-state index is 0.198. The predicted molar refractivity (Wildman–Crippen MR) is 301 cm³/mol. The first-order valence-electron chi connectivity index (χ1n) is 24.4. The molecule has 0 atom stereocenters. The van der Waals surface area contributed by atoms with Crippen molar-refractivity contribution in [2.45, 2.75) is 38.5 Å². The van der Waals surface area contributed by atoms with Gasteiger partial charge in [0, 0.05) is 62.5 Å². The molecule has 0 amide bonds. The maximum absolute atomic E-state index is 2.54. The molecule has 2 nitrogen and oxygen atoms in total. The van der Waals surface area contributed by atoms with Crippen LogP contribution in [-0.4, -0.2) is 0 Å². The number of hydrogen-bond donors (Lipinski definition) is 0. The Bertz CT molecular complexity index is 3950. The standard InChI is InChI=1S/C66H46N2S2/c1-65(2)53-23-11-13-25-57(53)67(59-37-63-51(35-55(59)65)47-21-9-15-27-61(47)69-63)39-29-31-45-42-18-6-8-20-44(42)50-34-40(30-32-46(50)41-17-5-7-19-43(41)49(45)33-39)68-58-26-14-12-24-54(58)66(3,4)56-36-52-48-22-10-16-28-62(48)70-64(52)38-60(56)68/h5-38H,1-4H3. The summed E-state index contributed by atoms with van der Waals surface area (Å²) in [4.78, 5) is 5.07. The molecule has 2 aliphatic heterocycles. The van der Waals surface area contributed by atoms with Crippen molar-refractivity contribution in [2.24, 2.45) is 0 Å². The lowest BCUT2D eigenvalue weighted by Gasteiger charge is -2.42. The fourth-order valence-corrected chi connectivity index (χ4v) is 14.8. The van der Waals surface area contributed by atoms with Crippen LogP contribution in [0, 0.1) is 0 Å². The van der Waals surface area contributed by atoms with Gasteiger partial charge in [-0.2, -0.15) is 0 Å². The molecular weight excluding hydrogens is 885 g/mol. The molecule has 0 N–H and O–H groups in total. The van der Waals surface area contributed by atoms with E-state index in [9.17, 15) is 0 Å². The predicted octanol–water partition coefficient (Wildman–Crippen LogP) is 19.6. The summed E-state index contributed by atoms with van der Waals surface area (Å²) < 4.78 is 5.28. The number of hydrogen-bond acceptors (Lipinski definition) is 4. The molecule has 0 unspecified atom stereocenters. The second kappa shape index (κ2) is 14.4. The van der Waals surface area contributed by atoms with E-state index >= 15 is 0 Å². The van der Waals surface area contributed by atoms with Crippen LogP contribution in [0.4, 0.5) is 34.1 Å². The number of anilines is 6. The SMILES string of the molecule is CC1(C)c2ccccc2N(c2ccc3c(c2)-c2ccccc2-c2ccc(N4c5ccccc5C(C)(C)c5cc6c(cc54)sc4ccccc46)cc2-c2ccccc2-3)c2cc3sc4ccccc4c3cc21. The van der Waals surface area contributed by atoms with Crippen molar-refractivity contribution in [1.82, 2.24) is 0 Å². The molecule has 0 radical (unpaired) electrons. The van der Waals surface area contributed by atoms with Crippen molar-refractivity contribution in [2.75, 3.05) is 9.80 Å². The van der Waals surface area contributed by atoms with E-state index in [-0.39, 0.29) is 10.8 Å². The van der Waals surface area contributed by atoms with Gasteiger partial charge in [0.15, 0.2) is 0 Å². The maximum atomic E-state index is 2.54. The van der Waals surface area contributed by atoms with Gasteiger partial charge in [0.05, 0.1) is 22.7 Å². The minimum Gasteiger partial charge on any atom is -0.310 e. The summed E-state index contributed by atoms with van der Waals surface area (Å²) in [5.74, 6) is 0. The maximum Gasteiger partial charge on any atom is 0.0517 e. The van der Waals surface area contributed by atoms with Crippen molar-refractivity contribution < 1.29 is 0 Å². The quantitative estimate of drug-likeness (QED) is 0.170. The zero-order valence-corrected chi connectivity index (χ0v) is 41.0. The van der Waals surface area contributed by atoms with E-state index < -0.39 is 0 Å². The first kappa shape index (κ1) is 40.2. The molecule has 4 heteroatoms. The zero-order chi connectivity index (χ0) is 46.6. The molecule has 12 aromatic rings. The molecule has 0 bridgehead atoms. The Morgan fingerprint density at radius 1 is 0.271 bits per heavy atom. The van der Waals surface area contributed by atoms with Crippen LogP contribution < -0.4 is 9.80 Å². The van der Waals surface area contributed by atoms with Crippen molar-refractivity contribution in [1.29, 1.82) is 0 Å². The van der Waals surface area contributed by atoms with Crippen LogP contribution in [0.15, 0.2) is 206 Å². The van der Waals surface area contributed by atoms with Gasteiger partial charge < -0.3 is 9.80 Å². The van der Waals surface area contributed by atoms with E-state index in [2.05, 4.69) is 244 Å². The van der Waals surface area contributed by atoms with Crippen LogP contribution in [0.25, 0.3) is 84.9 Å². The highest BCUT2D eigenvalue weighted by molar-refractivity contribution is 7.26. The van der Waals surface area contributed by atoms with Gasteiger partial charge in [-0.25, -0.2) is 0 Å². The van der Waals surface area contributed by atoms with Crippen molar-refractivity contribution in [3.63, 3.8) is 0 Å². The summed E-state index contributed by atoms with van der Waals surface area (Å²) in [5, 5.41) is 5.34. The molecule has 4 heterocycles. The number of nitrogens with zero attached hydrogens (tertiary/aromatic N) is 2. The first-order valence-corrected chi connectivity index (χ1v) is 26.0. The molecule has 10 aromatic carbocycles. The van der Waals surface area contributed by atoms with Crippen LogP contribution in [0.1, 0.15) is 49.9 Å². The van der Waals surface area contributed by atoms with E-state index in [0.717, 1.165) is 11.4 Å². The Morgan fingerprint density at radius 3 is 1.07 bits per heavy atom. The van der Waals surface area contributed by atoms with Crippen LogP contribution >= 0.6 is 22.7 Å². The third-order valence-electron chi connectivity index (χ3n) is 16.0. The van der Waals surface area contributed by atoms with Crippen LogP contribution in [0.3, 0.4) is 0 Å². The minimum atomic E-state index is -0.198. The van der Waals surface area contributed by atoms with Crippen molar-refractivity contribution >= 4 is 97.1 Å². The molecule has 0 saturated heterocycles. The van der Waals surface area contributed by atoms with Gasteiger partial charge in [-0.15, -0.1) is 22.7 Å². The summed E-state index contributed by atoms with van der Waals surface area (Å²) in [6.07, 6.45) is 0. The highest BCUT2D eigenvalue weighted by Gasteiger charge is 2.40. The number of thiophene rings is 2. The second-order valence-corrected chi connectivity index (χ2v) is 22.6. The second-order valence-electron chi connectivity index (χ2n) is 20.4. The van der Waals surface area contributed by atoms with Crippen molar-refractivity contribution in [3.05, 3.63) is 229 Å². The average Bonchev–Trinajstić information content (AvgIpc) is 3.95. The number of para-hydroxylation sites is 2. The summed E-state index contributed by atoms with van der Waals surface area (Å²) in [7, 11) is 0. The molecule has 332 valence electrons. The largest absolute Gasteiger partial charge is 0.310 e. The first-order chi connectivity index (χ1) is 34.2. The smallest absolute Gasteiger partial charge is 0.0517 e. The monoisotopic (exact) mass is 930 g/mol. The Labute approximate surface area is 416 Å². The Morgan fingerprint density at radius 2 is 0.629 bits per heavy atom. The molecule has 0 fully saturated rings.